The van der Waals surface area contributed by atoms with Crippen molar-refractivity contribution in [3.8, 4) is 0 Å². The zero-order chi connectivity index (χ0) is 16.2. The van der Waals surface area contributed by atoms with E-state index in [2.05, 4.69) is 69.1 Å². The Balaban J connectivity index is 1.90. The molecule has 0 saturated carbocycles. The van der Waals surface area contributed by atoms with Crippen LogP contribution in [0.4, 0.5) is 0 Å². The molecule has 0 radical (unpaired) electrons. The molecule has 1 heterocycles. The Bertz CT molecular complexity index is 573. The van der Waals surface area contributed by atoms with Crippen LogP contribution < -0.4 is 0 Å². The van der Waals surface area contributed by atoms with Crippen LogP contribution in [0.2, 0.25) is 5.02 Å². The number of halogens is 2. The third-order valence-electron chi connectivity index (χ3n) is 4.59. The highest BCUT2D eigenvalue weighted by molar-refractivity contribution is 9.10. The number of piperazine rings is 1. The third kappa shape index (κ3) is 4.16. The van der Waals surface area contributed by atoms with Crippen molar-refractivity contribution < 1.29 is 0 Å². The molecule has 1 unspecified atom stereocenters. The molecule has 0 aromatic heterocycles. The number of rotatable bonds is 4. The molecule has 1 aliphatic rings. The summed E-state index contributed by atoms with van der Waals surface area (Å²) >= 11 is 9.62. The van der Waals surface area contributed by atoms with E-state index in [0.29, 0.717) is 6.04 Å². The van der Waals surface area contributed by atoms with E-state index in [1.165, 1.54) is 11.1 Å². The van der Waals surface area contributed by atoms with Crippen molar-refractivity contribution in [1.29, 1.82) is 0 Å². The van der Waals surface area contributed by atoms with E-state index >= 15 is 0 Å². The lowest BCUT2D eigenvalue weighted by Crippen LogP contribution is -2.47. The largest absolute Gasteiger partial charge is 0.301 e. The summed E-state index contributed by atoms with van der Waals surface area (Å²) < 4.78 is 1.12. The number of hydrogen-bond acceptors (Lipinski definition) is 2. The van der Waals surface area contributed by atoms with Crippen LogP contribution in [0.1, 0.15) is 24.1 Å². The molecule has 0 aliphatic carbocycles. The van der Waals surface area contributed by atoms with E-state index < -0.39 is 0 Å². The van der Waals surface area contributed by atoms with Gasteiger partial charge in [-0.25, -0.2) is 0 Å². The summed E-state index contributed by atoms with van der Waals surface area (Å²) in [5.74, 6) is 0. The SMILES string of the molecule is CCN1CCN(C(c2ccc(Cl)cc2)c2ccc(Br)cc2)CC1. The number of nitrogens with zero attached hydrogens (tertiary/aromatic N) is 2. The van der Waals surface area contributed by atoms with Crippen molar-refractivity contribution in [2.75, 3.05) is 32.7 Å². The van der Waals surface area contributed by atoms with Gasteiger partial charge in [0.1, 0.15) is 0 Å². The van der Waals surface area contributed by atoms with Crippen molar-refractivity contribution in [2.24, 2.45) is 0 Å². The number of hydrogen-bond donors (Lipinski definition) is 0. The standard InChI is InChI=1S/C19H22BrClN2/c1-2-22-11-13-23(14-12-22)19(15-3-7-17(20)8-4-15)16-5-9-18(21)10-6-16/h3-10,19H,2,11-14H2,1H3. The molecule has 0 spiro atoms. The van der Waals surface area contributed by atoms with Gasteiger partial charge in [-0.15, -0.1) is 0 Å². The van der Waals surface area contributed by atoms with Crippen LogP contribution in [0, 0.1) is 0 Å². The molecular formula is C19H22BrClN2. The molecule has 1 fully saturated rings. The van der Waals surface area contributed by atoms with Crippen molar-refractivity contribution in [2.45, 2.75) is 13.0 Å². The van der Waals surface area contributed by atoms with Gasteiger partial charge in [0, 0.05) is 35.7 Å². The van der Waals surface area contributed by atoms with E-state index in [-0.39, 0.29) is 0 Å². The van der Waals surface area contributed by atoms with Crippen LogP contribution >= 0.6 is 27.5 Å². The highest BCUT2D eigenvalue weighted by atomic mass is 79.9. The van der Waals surface area contributed by atoms with E-state index in [1.54, 1.807) is 0 Å². The fourth-order valence-corrected chi connectivity index (χ4v) is 3.63. The highest BCUT2D eigenvalue weighted by Gasteiger charge is 2.25. The Morgan fingerprint density at radius 2 is 1.43 bits per heavy atom. The summed E-state index contributed by atoms with van der Waals surface area (Å²) in [6, 6.07) is 17.3. The Labute approximate surface area is 152 Å². The number of likely N-dealkylation sites (N-methyl/N-ethyl adjacent to an activating group) is 1. The van der Waals surface area contributed by atoms with Crippen LogP contribution in [0.5, 0.6) is 0 Å². The van der Waals surface area contributed by atoms with Gasteiger partial charge in [0.15, 0.2) is 0 Å². The first-order valence-corrected chi connectivity index (χ1v) is 9.32. The average Bonchev–Trinajstić information content (AvgIpc) is 2.59. The molecular weight excluding hydrogens is 372 g/mol. The molecule has 4 heteroatoms. The minimum Gasteiger partial charge on any atom is -0.301 e. The monoisotopic (exact) mass is 392 g/mol. The van der Waals surface area contributed by atoms with Crippen molar-refractivity contribution >= 4 is 27.5 Å². The van der Waals surface area contributed by atoms with Gasteiger partial charge in [0.2, 0.25) is 0 Å². The van der Waals surface area contributed by atoms with Crippen LogP contribution in [-0.4, -0.2) is 42.5 Å². The molecule has 2 aromatic carbocycles. The molecule has 0 amide bonds. The predicted molar refractivity (Wildman–Crippen MR) is 101 cm³/mol. The zero-order valence-corrected chi connectivity index (χ0v) is 15.7. The molecule has 1 aliphatic heterocycles. The first-order valence-electron chi connectivity index (χ1n) is 8.14. The van der Waals surface area contributed by atoms with Crippen LogP contribution in [0.15, 0.2) is 53.0 Å². The third-order valence-corrected chi connectivity index (χ3v) is 5.37. The molecule has 3 rings (SSSR count). The molecule has 2 aromatic rings. The Hall–Kier alpha value is -0.870. The maximum Gasteiger partial charge on any atom is 0.0602 e. The molecule has 0 N–H and O–H groups in total. The van der Waals surface area contributed by atoms with E-state index in [4.69, 9.17) is 11.6 Å². The van der Waals surface area contributed by atoms with E-state index in [0.717, 1.165) is 42.2 Å². The second-order valence-corrected chi connectivity index (χ2v) is 7.33. The molecule has 23 heavy (non-hydrogen) atoms. The Morgan fingerprint density at radius 3 is 1.96 bits per heavy atom. The summed E-state index contributed by atoms with van der Waals surface area (Å²) in [5.41, 5.74) is 2.64. The normalized spacial score (nSPS) is 18.0. The van der Waals surface area contributed by atoms with Crippen molar-refractivity contribution in [3.05, 3.63) is 69.2 Å². The van der Waals surface area contributed by atoms with Gasteiger partial charge in [-0.05, 0) is 41.9 Å². The van der Waals surface area contributed by atoms with Gasteiger partial charge >= 0.3 is 0 Å². The van der Waals surface area contributed by atoms with Gasteiger partial charge in [0.05, 0.1) is 6.04 Å². The van der Waals surface area contributed by atoms with Crippen molar-refractivity contribution in [3.63, 3.8) is 0 Å². The lowest BCUT2D eigenvalue weighted by Gasteiger charge is -2.39. The molecule has 0 bridgehead atoms. The first-order chi connectivity index (χ1) is 11.2. The summed E-state index contributed by atoms with van der Waals surface area (Å²) in [6.45, 7) is 7.83. The quantitative estimate of drug-likeness (QED) is 0.734. The highest BCUT2D eigenvalue weighted by Crippen LogP contribution is 2.31. The fourth-order valence-electron chi connectivity index (χ4n) is 3.24. The van der Waals surface area contributed by atoms with Gasteiger partial charge < -0.3 is 4.90 Å². The van der Waals surface area contributed by atoms with Crippen LogP contribution in [-0.2, 0) is 0 Å². The topological polar surface area (TPSA) is 6.48 Å². The Kier molecular flexibility index (Phi) is 5.76. The van der Waals surface area contributed by atoms with Gasteiger partial charge in [-0.3, -0.25) is 4.90 Å². The van der Waals surface area contributed by atoms with Crippen LogP contribution in [0.3, 0.4) is 0 Å². The van der Waals surface area contributed by atoms with Gasteiger partial charge in [-0.2, -0.15) is 0 Å². The fraction of sp³-hybridized carbons (Fsp3) is 0.368. The smallest absolute Gasteiger partial charge is 0.0602 e. The second-order valence-electron chi connectivity index (χ2n) is 5.98. The lowest BCUT2D eigenvalue weighted by molar-refractivity contribution is 0.113. The average molecular weight is 394 g/mol. The maximum absolute atomic E-state index is 6.08. The van der Waals surface area contributed by atoms with Gasteiger partial charge in [0.25, 0.3) is 0 Å². The van der Waals surface area contributed by atoms with Gasteiger partial charge in [-0.1, -0.05) is 58.7 Å². The molecule has 2 nitrogen and oxygen atoms in total. The summed E-state index contributed by atoms with van der Waals surface area (Å²) in [6.07, 6.45) is 0. The lowest BCUT2D eigenvalue weighted by atomic mass is 9.96. The summed E-state index contributed by atoms with van der Waals surface area (Å²) in [4.78, 5) is 5.09. The summed E-state index contributed by atoms with van der Waals surface area (Å²) in [5, 5.41) is 0.791. The Morgan fingerprint density at radius 1 is 0.913 bits per heavy atom. The predicted octanol–water partition coefficient (Wildman–Crippen LogP) is 4.83. The second kappa shape index (κ2) is 7.80. The number of benzene rings is 2. The zero-order valence-electron chi connectivity index (χ0n) is 13.4. The van der Waals surface area contributed by atoms with Crippen LogP contribution in [0.25, 0.3) is 0 Å². The molecule has 1 saturated heterocycles. The maximum atomic E-state index is 6.08. The first kappa shape index (κ1) is 17.0. The van der Waals surface area contributed by atoms with Crippen molar-refractivity contribution in [1.82, 2.24) is 9.80 Å². The molecule has 122 valence electrons. The van der Waals surface area contributed by atoms with E-state index in [1.807, 2.05) is 12.1 Å². The minimum atomic E-state index is 0.291. The van der Waals surface area contributed by atoms with E-state index in [9.17, 15) is 0 Å². The molecule has 1 atom stereocenters. The minimum absolute atomic E-state index is 0.291. The summed E-state index contributed by atoms with van der Waals surface area (Å²) in [7, 11) is 0.